The van der Waals surface area contributed by atoms with E-state index in [0.29, 0.717) is 5.92 Å². The van der Waals surface area contributed by atoms with Gasteiger partial charge in [-0.1, -0.05) is 24.1 Å². The number of amides is 1. The molecule has 110 valence electrons. The number of aryl methyl sites for hydroxylation is 2. The van der Waals surface area contributed by atoms with Gasteiger partial charge < -0.3 is 10.2 Å². The van der Waals surface area contributed by atoms with Crippen molar-refractivity contribution in [3.8, 4) is 0 Å². The van der Waals surface area contributed by atoms with Gasteiger partial charge in [-0.3, -0.25) is 4.79 Å². The zero-order chi connectivity index (χ0) is 14.5. The van der Waals surface area contributed by atoms with Crippen molar-refractivity contribution < 1.29 is 4.79 Å². The SMILES string of the molecule is CCN1CCC(CNC(=O)c2cc(C)cc(C)c2)CC1. The molecule has 1 fully saturated rings. The number of piperidine rings is 1. The van der Waals surface area contributed by atoms with Gasteiger partial charge in [0, 0.05) is 12.1 Å². The fraction of sp³-hybridized carbons (Fsp3) is 0.588. The van der Waals surface area contributed by atoms with Gasteiger partial charge in [0.15, 0.2) is 0 Å². The molecule has 0 unspecified atom stereocenters. The summed E-state index contributed by atoms with van der Waals surface area (Å²) in [4.78, 5) is 14.7. The van der Waals surface area contributed by atoms with Crippen LogP contribution in [0.25, 0.3) is 0 Å². The van der Waals surface area contributed by atoms with Crippen molar-refractivity contribution in [3.63, 3.8) is 0 Å². The van der Waals surface area contributed by atoms with Crippen LogP contribution in [0.1, 0.15) is 41.3 Å². The van der Waals surface area contributed by atoms with Crippen LogP contribution >= 0.6 is 0 Å². The number of nitrogens with zero attached hydrogens (tertiary/aromatic N) is 1. The van der Waals surface area contributed by atoms with E-state index >= 15 is 0 Å². The van der Waals surface area contributed by atoms with Crippen molar-refractivity contribution in [2.75, 3.05) is 26.2 Å². The van der Waals surface area contributed by atoms with Crippen LogP contribution in [0.4, 0.5) is 0 Å². The summed E-state index contributed by atoms with van der Waals surface area (Å²) in [5.74, 6) is 0.697. The van der Waals surface area contributed by atoms with E-state index in [-0.39, 0.29) is 5.91 Å². The molecule has 1 aromatic rings. The average molecular weight is 274 g/mol. The molecule has 1 saturated heterocycles. The van der Waals surface area contributed by atoms with E-state index in [1.165, 1.54) is 25.9 Å². The third-order valence-corrected chi connectivity index (χ3v) is 4.19. The van der Waals surface area contributed by atoms with Crippen LogP contribution in [0.3, 0.4) is 0 Å². The minimum atomic E-state index is 0.0646. The molecule has 20 heavy (non-hydrogen) atoms. The smallest absolute Gasteiger partial charge is 0.251 e. The maximum absolute atomic E-state index is 12.2. The molecule has 0 saturated carbocycles. The molecule has 0 radical (unpaired) electrons. The van der Waals surface area contributed by atoms with Crippen molar-refractivity contribution in [1.82, 2.24) is 10.2 Å². The molecule has 1 heterocycles. The molecule has 0 atom stereocenters. The third kappa shape index (κ3) is 4.07. The number of carbonyl (C=O) groups is 1. The van der Waals surface area contributed by atoms with Gasteiger partial charge >= 0.3 is 0 Å². The molecule has 1 amide bonds. The van der Waals surface area contributed by atoms with E-state index in [0.717, 1.165) is 29.8 Å². The number of hydrogen-bond donors (Lipinski definition) is 1. The normalized spacial score (nSPS) is 17.1. The van der Waals surface area contributed by atoms with Crippen LogP contribution in [-0.2, 0) is 0 Å². The average Bonchev–Trinajstić information content (AvgIpc) is 2.44. The third-order valence-electron chi connectivity index (χ3n) is 4.19. The molecule has 0 aromatic heterocycles. The van der Waals surface area contributed by atoms with Gasteiger partial charge in [0.1, 0.15) is 0 Å². The maximum Gasteiger partial charge on any atom is 0.251 e. The number of benzene rings is 1. The van der Waals surface area contributed by atoms with E-state index in [4.69, 9.17) is 0 Å². The molecule has 1 N–H and O–H groups in total. The van der Waals surface area contributed by atoms with E-state index in [2.05, 4.69) is 23.2 Å². The number of likely N-dealkylation sites (tertiary alicyclic amines) is 1. The molecule has 0 bridgehead atoms. The largest absolute Gasteiger partial charge is 0.352 e. The Morgan fingerprint density at radius 2 is 1.80 bits per heavy atom. The standard InChI is InChI=1S/C17H26N2O/c1-4-19-7-5-15(6-8-19)12-18-17(20)16-10-13(2)9-14(3)11-16/h9-11,15H,4-8,12H2,1-3H3,(H,18,20). The highest BCUT2D eigenvalue weighted by Crippen LogP contribution is 2.16. The monoisotopic (exact) mass is 274 g/mol. The fourth-order valence-electron chi connectivity index (χ4n) is 2.95. The number of rotatable bonds is 4. The van der Waals surface area contributed by atoms with Crippen molar-refractivity contribution in [2.24, 2.45) is 5.92 Å². The highest BCUT2D eigenvalue weighted by atomic mass is 16.1. The lowest BCUT2D eigenvalue weighted by Crippen LogP contribution is -2.38. The lowest BCUT2D eigenvalue weighted by molar-refractivity contribution is 0.0936. The summed E-state index contributed by atoms with van der Waals surface area (Å²) in [6, 6.07) is 6.02. The molecular formula is C17H26N2O. The van der Waals surface area contributed by atoms with Gasteiger partial charge in [-0.15, -0.1) is 0 Å². The molecule has 3 nitrogen and oxygen atoms in total. The molecule has 0 spiro atoms. The van der Waals surface area contributed by atoms with Crippen molar-refractivity contribution in [3.05, 3.63) is 34.9 Å². The molecular weight excluding hydrogens is 248 g/mol. The zero-order valence-electron chi connectivity index (χ0n) is 12.9. The van der Waals surface area contributed by atoms with Crippen LogP contribution in [-0.4, -0.2) is 37.0 Å². The Kier molecular flexibility index (Phi) is 5.18. The summed E-state index contributed by atoms with van der Waals surface area (Å²) < 4.78 is 0. The Labute approximate surface area is 122 Å². The predicted octanol–water partition coefficient (Wildman–Crippen LogP) is 2.77. The van der Waals surface area contributed by atoms with Crippen molar-refractivity contribution >= 4 is 5.91 Å². The van der Waals surface area contributed by atoms with E-state index < -0.39 is 0 Å². The Hall–Kier alpha value is -1.35. The lowest BCUT2D eigenvalue weighted by atomic mass is 9.96. The highest BCUT2D eigenvalue weighted by molar-refractivity contribution is 5.94. The number of nitrogens with one attached hydrogen (secondary N) is 1. The summed E-state index contributed by atoms with van der Waals surface area (Å²) in [6.07, 6.45) is 2.39. The minimum absolute atomic E-state index is 0.0646. The first kappa shape index (κ1) is 15.0. The van der Waals surface area contributed by atoms with Gasteiger partial charge in [-0.2, -0.15) is 0 Å². The first-order chi connectivity index (χ1) is 9.58. The predicted molar refractivity (Wildman–Crippen MR) is 83.1 cm³/mol. The van der Waals surface area contributed by atoms with Gasteiger partial charge in [-0.05, 0) is 64.4 Å². The second kappa shape index (κ2) is 6.89. The highest BCUT2D eigenvalue weighted by Gasteiger charge is 2.18. The van der Waals surface area contributed by atoms with Gasteiger partial charge in [-0.25, -0.2) is 0 Å². The summed E-state index contributed by atoms with van der Waals surface area (Å²) >= 11 is 0. The van der Waals surface area contributed by atoms with Crippen LogP contribution in [0.5, 0.6) is 0 Å². The molecule has 1 aromatic carbocycles. The van der Waals surface area contributed by atoms with Gasteiger partial charge in [0.25, 0.3) is 5.91 Å². The van der Waals surface area contributed by atoms with Gasteiger partial charge in [0.2, 0.25) is 0 Å². The second-order valence-corrected chi connectivity index (χ2v) is 5.96. The van der Waals surface area contributed by atoms with Crippen LogP contribution < -0.4 is 5.32 Å². The zero-order valence-corrected chi connectivity index (χ0v) is 12.9. The van der Waals surface area contributed by atoms with E-state index in [1.54, 1.807) is 0 Å². The lowest BCUT2D eigenvalue weighted by Gasteiger charge is -2.31. The first-order valence-corrected chi connectivity index (χ1v) is 7.67. The Balaban J connectivity index is 1.83. The molecule has 1 aliphatic rings. The Morgan fingerprint density at radius 1 is 1.20 bits per heavy atom. The second-order valence-electron chi connectivity index (χ2n) is 5.96. The van der Waals surface area contributed by atoms with Gasteiger partial charge in [0.05, 0.1) is 0 Å². The molecule has 0 aliphatic carbocycles. The van der Waals surface area contributed by atoms with Crippen LogP contribution in [0.2, 0.25) is 0 Å². The number of carbonyl (C=O) groups excluding carboxylic acids is 1. The molecule has 2 rings (SSSR count). The Morgan fingerprint density at radius 3 is 2.35 bits per heavy atom. The van der Waals surface area contributed by atoms with Crippen molar-refractivity contribution in [1.29, 1.82) is 0 Å². The minimum Gasteiger partial charge on any atom is -0.352 e. The van der Waals surface area contributed by atoms with E-state index in [1.807, 2.05) is 26.0 Å². The van der Waals surface area contributed by atoms with E-state index in [9.17, 15) is 4.79 Å². The summed E-state index contributed by atoms with van der Waals surface area (Å²) in [6.45, 7) is 10.6. The quantitative estimate of drug-likeness (QED) is 0.915. The maximum atomic E-state index is 12.2. The van der Waals surface area contributed by atoms with Crippen molar-refractivity contribution in [2.45, 2.75) is 33.6 Å². The summed E-state index contributed by atoms with van der Waals surface area (Å²) in [7, 11) is 0. The fourth-order valence-corrected chi connectivity index (χ4v) is 2.95. The summed E-state index contributed by atoms with van der Waals surface area (Å²) in [5.41, 5.74) is 3.08. The van der Waals surface area contributed by atoms with Crippen LogP contribution in [0.15, 0.2) is 18.2 Å². The van der Waals surface area contributed by atoms with Crippen LogP contribution in [0, 0.1) is 19.8 Å². The summed E-state index contributed by atoms with van der Waals surface area (Å²) in [5, 5.41) is 3.10. The topological polar surface area (TPSA) is 32.3 Å². The molecule has 1 aliphatic heterocycles. The number of hydrogen-bond acceptors (Lipinski definition) is 2. The first-order valence-electron chi connectivity index (χ1n) is 7.67. The molecule has 3 heteroatoms. The Bertz CT molecular complexity index is 442.